The zero-order valence-corrected chi connectivity index (χ0v) is 27.1. The lowest BCUT2D eigenvalue weighted by molar-refractivity contribution is -0.154. The maximum atomic E-state index is 13.6. The fraction of sp³-hybridized carbons (Fsp3) is 0.633. The number of nitrogens with zero attached hydrogens (tertiary/aromatic N) is 1. The van der Waals surface area contributed by atoms with Gasteiger partial charge in [0.05, 0.1) is 20.9 Å². The predicted octanol–water partition coefficient (Wildman–Crippen LogP) is 6.32. The van der Waals surface area contributed by atoms with Crippen LogP contribution in [-0.2, 0) is 30.7 Å². The molecule has 11 heteroatoms. The molecular formula is C30H45N3O6S2. The van der Waals surface area contributed by atoms with Crippen molar-refractivity contribution < 1.29 is 27.5 Å². The van der Waals surface area contributed by atoms with Crippen molar-refractivity contribution >= 4 is 33.4 Å². The summed E-state index contributed by atoms with van der Waals surface area (Å²) in [5.74, 6) is -0.0820. The molecule has 0 aliphatic heterocycles. The lowest BCUT2D eigenvalue weighted by Gasteiger charge is -2.28. The highest BCUT2D eigenvalue weighted by Crippen LogP contribution is 2.39. The lowest BCUT2D eigenvalue weighted by Crippen LogP contribution is -2.40. The molecule has 0 radical (unpaired) electrons. The number of aryl methyl sites for hydroxylation is 1. The fourth-order valence-corrected chi connectivity index (χ4v) is 7.63. The molecule has 0 atom stereocenters. The number of amides is 1. The summed E-state index contributed by atoms with van der Waals surface area (Å²) in [6, 6.07) is 5.40. The summed E-state index contributed by atoms with van der Waals surface area (Å²) in [5, 5.41) is 3.91. The van der Waals surface area contributed by atoms with Gasteiger partial charge in [0.25, 0.3) is 0 Å². The minimum atomic E-state index is -3.87. The van der Waals surface area contributed by atoms with Crippen molar-refractivity contribution in [3.8, 4) is 10.4 Å². The van der Waals surface area contributed by atoms with Crippen molar-refractivity contribution in [2.75, 3.05) is 0 Å². The van der Waals surface area contributed by atoms with E-state index >= 15 is 0 Å². The molecule has 0 unspecified atom stereocenters. The summed E-state index contributed by atoms with van der Waals surface area (Å²) in [4.78, 5) is 29.9. The number of ether oxygens (including phenoxy) is 2. The van der Waals surface area contributed by atoms with Gasteiger partial charge in [0.1, 0.15) is 5.60 Å². The van der Waals surface area contributed by atoms with Gasteiger partial charge in [-0.15, -0.1) is 11.3 Å². The zero-order valence-electron chi connectivity index (χ0n) is 25.5. The number of thiazole rings is 1. The number of aromatic nitrogens is 1. The third-order valence-electron chi connectivity index (χ3n) is 6.34. The average Bonchev–Trinajstić information content (AvgIpc) is 3.30. The second-order valence-corrected chi connectivity index (χ2v) is 15.7. The number of carbonyl (C=O) groups excluding carboxylic acids is 2. The van der Waals surface area contributed by atoms with Gasteiger partial charge in [-0.3, -0.25) is 4.79 Å². The third kappa shape index (κ3) is 10.4. The van der Waals surface area contributed by atoms with Gasteiger partial charge in [0.15, 0.2) is 0 Å². The highest BCUT2D eigenvalue weighted by Gasteiger charge is 2.29. The van der Waals surface area contributed by atoms with Gasteiger partial charge in [0, 0.05) is 35.7 Å². The van der Waals surface area contributed by atoms with Gasteiger partial charge in [-0.05, 0) is 99.1 Å². The molecule has 0 bridgehead atoms. The first-order chi connectivity index (χ1) is 18.9. The Balaban J connectivity index is 1.80. The summed E-state index contributed by atoms with van der Waals surface area (Å²) >= 11 is 1.51. The molecule has 1 amide bonds. The van der Waals surface area contributed by atoms with E-state index in [1.54, 1.807) is 39.1 Å². The van der Waals surface area contributed by atoms with Gasteiger partial charge in [-0.25, -0.2) is 22.9 Å². The van der Waals surface area contributed by atoms with Crippen LogP contribution in [0.1, 0.15) is 104 Å². The van der Waals surface area contributed by atoms with Gasteiger partial charge in [0.2, 0.25) is 10.0 Å². The number of alkyl carbamates (subject to hydrolysis) is 1. The van der Waals surface area contributed by atoms with Crippen LogP contribution in [0.15, 0.2) is 29.3 Å². The monoisotopic (exact) mass is 607 g/mol. The number of esters is 1. The topological polar surface area (TPSA) is 124 Å². The molecule has 1 aliphatic rings. The van der Waals surface area contributed by atoms with Crippen LogP contribution in [-0.4, -0.2) is 48.8 Å². The van der Waals surface area contributed by atoms with E-state index in [0.29, 0.717) is 12.0 Å². The maximum absolute atomic E-state index is 13.6. The van der Waals surface area contributed by atoms with Crippen molar-refractivity contribution in [2.45, 2.75) is 128 Å². The molecule has 1 aromatic carbocycles. The first-order valence-electron chi connectivity index (χ1n) is 14.2. The van der Waals surface area contributed by atoms with Gasteiger partial charge >= 0.3 is 12.1 Å². The molecule has 0 spiro atoms. The van der Waals surface area contributed by atoms with E-state index in [1.165, 1.54) is 11.3 Å². The Labute approximate surface area is 248 Å². The molecule has 0 saturated heterocycles. The van der Waals surface area contributed by atoms with Crippen molar-refractivity contribution in [1.82, 2.24) is 15.0 Å². The Hall–Kier alpha value is -2.50. The SMILES string of the molecule is CC(C)OC(=O)NC1CCC(c2ncc(-c3ccc(CCC(=O)OC(C)(C)C)cc3S(=O)(=O)NC(C)(C)C)s2)CC1. The van der Waals surface area contributed by atoms with Gasteiger partial charge in [-0.1, -0.05) is 12.1 Å². The van der Waals surface area contributed by atoms with E-state index in [1.807, 2.05) is 40.7 Å². The molecule has 3 rings (SSSR count). The summed E-state index contributed by atoms with van der Waals surface area (Å²) in [7, 11) is -3.87. The lowest BCUT2D eigenvalue weighted by atomic mass is 9.86. The van der Waals surface area contributed by atoms with Crippen molar-refractivity contribution in [2.24, 2.45) is 0 Å². The van der Waals surface area contributed by atoms with Crippen molar-refractivity contribution in [3.63, 3.8) is 0 Å². The fourth-order valence-electron chi connectivity index (χ4n) is 4.75. The van der Waals surface area contributed by atoms with Crippen molar-refractivity contribution in [3.05, 3.63) is 35.0 Å². The van der Waals surface area contributed by atoms with Gasteiger partial charge in [-0.2, -0.15) is 0 Å². The molecule has 2 aromatic rings. The quantitative estimate of drug-likeness (QED) is 0.320. The molecule has 1 saturated carbocycles. The van der Waals surface area contributed by atoms with Gasteiger partial charge < -0.3 is 14.8 Å². The third-order valence-corrected chi connectivity index (χ3v) is 9.34. The van der Waals surface area contributed by atoms with Crippen LogP contribution in [0.4, 0.5) is 4.79 Å². The zero-order chi connectivity index (χ0) is 30.6. The Morgan fingerprint density at radius 3 is 2.32 bits per heavy atom. The molecule has 1 heterocycles. The highest BCUT2D eigenvalue weighted by molar-refractivity contribution is 7.89. The van der Waals surface area contributed by atoms with E-state index in [9.17, 15) is 18.0 Å². The number of sulfonamides is 1. The Morgan fingerprint density at radius 2 is 1.73 bits per heavy atom. The first-order valence-corrected chi connectivity index (χ1v) is 16.5. The Kier molecular flexibility index (Phi) is 10.6. The Morgan fingerprint density at radius 1 is 1.07 bits per heavy atom. The van der Waals surface area contributed by atoms with E-state index in [4.69, 9.17) is 9.47 Å². The second-order valence-electron chi connectivity index (χ2n) is 13.0. The molecule has 9 nitrogen and oxygen atoms in total. The van der Waals surface area contributed by atoms with E-state index in [0.717, 1.165) is 41.1 Å². The number of benzene rings is 1. The summed E-state index contributed by atoms with van der Waals surface area (Å²) < 4.78 is 40.5. The van der Waals surface area contributed by atoms with Crippen LogP contribution in [0.25, 0.3) is 10.4 Å². The van der Waals surface area contributed by atoms with Crippen LogP contribution in [0.2, 0.25) is 0 Å². The number of hydrogen-bond donors (Lipinski definition) is 2. The Bertz CT molecular complexity index is 1310. The van der Waals surface area contributed by atoms with E-state index < -0.39 is 21.2 Å². The summed E-state index contributed by atoms with van der Waals surface area (Å²) in [6.07, 6.45) is 5.13. The summed E-state index contributed by atoms with van der Waals surface area (Å²) in [5.41, 5.74) is 0.0693. The molecule has 2 N–H and O–H groups in total. The summed E-state index contributed by atoms with van der Waals surface area (Å²) in [6.45, 7) is 14.5. The molecule has 228 valence electrons. The largest absolute Gasteiger partial charge is 0.460 e. The average molecular weight is 608 g/mol. The second kappa shape index (κ2) is 13.2. The van der Waals surface area contributed by atoms with Crippen LogP contribution in [0.5, 0.6) is 0 Å². The normalized spacial score (nSPS) is 18.3. The molecule has 1 fully saturated rings. The van der Waals surface area contributed by atoms with Crippen LogP contribution < -0.4 is 10.0 Å². The van der Waals surface area contributed by atoms with Crippen LogP contribution in [0, 0.1) is 0 Å². The number of rotatable bonds is 9. The van der Waals surface area contributed by atoms with E-state index in [2.05, 4.69) is 15.0 Å². The number of nitrogens with one attached hydrogen (secondary N) is 2. The minimum absolute atomic E-state index is 0.0744. The molecular weight excluding hydrogens is 562 g/mol. The predicted molar refractivity (Wildman–Crippen MR) is 162 cm³/mol. The van der Waals surface area contributed by atoms with Crippen molar-refractivity contribution in [1.29, 1.82) is 0 Å². The van der Waals surface area contributed by atoms with Crippen LogP contribution >= 0.6 is 11.3 Å². The minimum Gasteiger partial charge on any atom is -0.460 e. The number of carbonyl (C=O) groups is 2. The standard InChI is InChI=1S/C30H45N3O6S2/c1-19(2)38-28(35)32-22-13-11-21(12-14-22)27-31-18-24(40-27)23-15-9-20(10-16-26(34)39-30(6,7)8)17-25(23)41(36,37)33-29(3,4)5/h9,15,17-19,21-22,33H,10-14,16H2,1-8H3,(H,32,35). The maximum Gasteiger partial charge on any atom is 0.407 e. The molecule has 41 heavy (non-hydrogen) atoms. The molecule has 1 aromatic heterocycles. The first kappa shape index (κ1) is 33.0. The smallest absolute Gasteiger partial charge is 0.407 e. The molecule has 1 aliphatic carbocycles. The van der Waals surface area contributed by atoms with E-state index in [-0.39, 0.29) is 41.4 Å². The number of hydrogen-bond acceptors (Lipinski definition) is 8. The highest BCUT2D eigenvalue weighted by atomic mass is 32.2. The van der Waals surface area contributed by atoms with Crippen LogP contribution in [0.3, 0.4) is 0 Å².